The van der Waals surface area contributed by atoms with Crippen molar-refractivity contribution in [3.8, 4) is 0 Å². The van der Waals surface area contributed by atoms with Crippen LogP contribution in [0.25, 0.3) is 17.0 Å². The topological polar surface area (TPSA) is 59.2 Å². The highest BCUT2D eigenvalue weighted by Crippen LogP contribution is 2.20. The number of benzene rings is 2. The van der Waals surface area contributed by atoms with Gasteiger partial charge in [0, 0.05) is 28.7 Å². The zero-order chi connectivity index (χ0) is 17.8. The molecule has 0 fully saturated rings. The van der Waals surface area contributed by atoms with Crippen molar-refractivity contribution in [2.75, 3.05) is 0 Å². The molecule has 4 heteroatoms. The van der Waals surface area contributed by atoms with Gasteiger partial charge < -0.3 is 9.72 Å². The number of aryl methyl sites for hydroxylation is 1. The van der Waals surface area contributed by atoms with Gasteiger partial charge in [0.05, 0.1) is 0 Å². The highest BCUT2D eigenvalue weighted by atomic mass is 16.5. The number of para-hydroxylation sites is 1. The van der Waals surface area contributed by atoms with E-state index in [2.05, 4.69) is 4.98 Å². The molecular weight excluding hydrogens is 314 g/mol. The molecule has 126 valence electrons. The molecule has 0 saturated carbocycles. The van der Waals surface area contributed by atoms with Gasteiger partial charge in [-0.3, -0.25) is 4.79 Å². The summed E-state index contributed by atoms with van der Waals surface area (Å²) >= 11 is 0. The minimum absolute atomic E-state index is 0.227. The maximum absolute atomic E-state index is 12.5. The molecule has 0 bridgehead atoms. The number of aromatic amines is 1. The number of ether oxygens (including phenoxy) is 1. The Morgan fingerprint density at radius 3 is 2.56 bits per heavy atom. The van der Waals surface area contributed by atoms with Crippen molar-refractivity contribution in [1.29, 1.82) is 0 Å². The Morgan fingerprint density at radius 2 is 1.80 bits per heavy atom. The van der Waals surface area contributed by atoms with E-state index < -0.39 is 12.1 Å². The number of carbonyl (C=O) groups is 2. The van der Waals surface area contributed by atoms with Gasteiger partial charge in [-0.25, -0.2) is 4.79 Å². The third-order valence-electron chi connectivity index (χ3n) is 4.01. The number of nitrogens with one attached hydrogen (secondary N) is 1. The van der Waals surface area contributed by atoms with Crippen LogP contribution < -0.4 is 0 Å². The van der Waals surface area contributed by atoms with E-state index in [0.717, 1.165) is 22.0 Å². The zero-order valence-electron chi connectivity index (χ0n) is 14.2. The van der Waals surface area contributed by atoms with Crippen molar-refractivity contribution in [3.05, 3.63) is 77.5 Å². The Bertz CT molecular complexity index is 935. The first kappa shape index (κ1) is 16.7. The Labute approximate surface area is 146 Å². The number of rotatable bonds is 5. The van der Waals surface area contributed by atoms with Crippen LogP contribution in [-0.4, -0.2) is 22.8 Å². The SMILES string of the molecule is Cc1ccc(/C=C/C(=O)OC(C)C(=O)c2c[nH]c3ccccc23)cc1. The van der Waals surface area contributed by atoms with Gasteiger partial charge in [-0.05, 0) is 31.6 Å². The lowest BCUT2D eigenvalue weighted by molar-refractivity contribution is -0.140. The van der Waals surface area contributed by atoms with Gasteiger partial charge in [-0.2, -0.15) is 0 Å². The second-order valence-electron chi connectivity index (χ2n) is 5.94. The van der Waals surface area contributed by atoms with E-state index in [1.54, 1.807) is 19.2 Å². The summed E-state index contributed by atoms with van der Waals surface area (Å²) in [5.41, 5.74) is 3.46. The number of hydrogen-bond acceptors (Lipinski definition) is 3. The normalized spacial score (nSPS) is 12.4. The summed E-state index contributed by atoms with van der Waals surface area (Å²) in [5, 5.41) is 0.825. The Hall–Kier alpha value is -3.14. The minimum atomic E-state index is -0.852. The third kappa shape index (κ3) is 3.86. The summed E-state index contributed by atoms with van der Waals surface area (Å²) in [5.74, 6) is -0.768. The van der Waals surface area contributed by atoms with Crippen LogP contribution in [-0.2, 0) is 9.53 Å². The molecule has 25 heavy (non-hydrogen) atoms. The van der Waals surface area contributed by atoms with E-state index in [4.69, 9.17) is 4.74 Å². The van der Waals surface area contributed by atoms with Crippen molar-refractivity contribution < 1.29 is 14.3 Å². The molecule has 0 amide bonds. The Morgan fingerprint density at radius 1 is 1.08 bits per heavy atom. The molecule has 2 aromatic carbocycles. The number of Topliss-reactive ketones (excluding diaryl/α,β-unsaturated/α-hetero) is 1. The fourth-order valence-corrected chi connectivity index (χ4v) is 2.60. The first-order valence-corrected chi connectivity index (χ1v) is 8.10. The van der Waals surface area contributed by atoms with E-state index >= 15 is 0 Å². The Balaban J connectivity index is 1.66. The fraction of sp³-hybridized carbons (Fsp3) is 0.143. The van der Waals surface area contributed by atoms with E-state index in [0.29, 0.717) is 5.56 Å². The zero-order valence-corrected chi connectivity index (χ0v) is 14.2. The molecule has 1 N–H and O–H groups in total. The van der Waals surface area contributed by atoms with Gasteiger partial charge in [0.1, 0.15) is 0 Å². The molecule has 0 aliphatic carbocycles. The van der Waals surface area contributed by atoms with Crippen LogP contribution in [0.1, 0.15) is 28.4 Å². The van der Waals surface area contributed by atoms with Crippen molar-refractivity contribution in [2.24, 2.45) is 0 Å². The smallest absolute Gasteiger partial charge is 0.331 e. The fourth-order valence-electron chi connectivity index (χ4n) is 2.60. The largest absolute Gasteiger partial charge is 0.451 e. The number of esters is 1. The summed E-state index contributed by atoms with van der Waals surface area (Å²) in [6.45, 7) is 3.58. The molecule has 1 atom stereocenters. The predicted octanol–water partition coefficient (Wildman–Crippen LogP) is 4.30. The molecule has 3 aromatic rings. The van der Waals surface area contributed by atoms with Gasteiger partial charge in [0.25, 0.3) is 0 Å². The number of hydrogen-bond donors (Lipinski definition) is 1. The molecule has 0 radical (unpaired) electrons. The molecule has 1 unspecified atom stereocenters. The summed E-state index contributed by atoms with van der Waals surface area (Å²) in [6.07, 6.45) is 3.81. The average Bonchev–Trinajstić information content (AvgIpc) is 3.04. The molecule has 0 aliphatic heterocycles. The van der Waals surface area contributed by atoms with Gasteiger partial charge in [-0.15, -0.1) is 0 Å². The lowest BCUT2D eigenvalue weighted by Gasteiger charge is -2.10. The van der Waals surface area contributed by atoms with E-state index in [1.807, 2.05) is 55.5 Å². The van der Waals surface area contributed by atoms with Gasteiger partial charge in [-0.1, -0.05) is 48.0 Å². The first-order valence-electron chi connectivity index (χ1n) is 8.10. The molecular formula is C21H19NO3. The van der Waals surface area contributed by atoms with E-state index in [1.165, 1.54) is 6.08 Å². The molecule has 0 spiro atoms. The van der Waals surface area contributed by atoms with Crippen LogP contribution in [0.2, 0.25) is 0 Å². The van der Waals surface area contributed by atoms with Crippen LogP contribution >= 0.6 is 0 Å². The second-order valence-corrected chi connectivity index (χ2v) is 5.94. The number of ketones is 1. The maximum atomic E-state index is 12.5. The van der Waals surface area contributed by atoms with E-state index in [-0.39, 0.29) is 5.78 Å². The van der Waals surface area contributed by atoms with Crippen molar-refractivity contribution in [1.82, 2.24) is 4.98 Å². The predicted molar refractivity (Wildman–Crippen MR) is 98.4 cm³/mol. The number of aromatic nitrogens is 1. The highest BCUT2D eigenvalue weighted by molar-refractivity contribution is 6.10. The van der Waals surface area contributed by atoms with Crippen LogP contribution in [0.3, 0.4) is 0 Å². The van der Waals surface area contributed by atoms with Crippen molar-refractivity contribution in [2.45, 2.75) is 20.0 Å². The molecule has 0 saturated heterocycles. The minimum Gasteiger partial charge on any atom is -0.451 e. The maximum Gasteiger partial charge on any atom is 0.331 e. The monoisotopic (exact) mass is 333 g/mol. The number of carbonyl (C=O) groups excluding carboxylic acids is 2. The van der Waals surface area contributed by atoms with Gasteiger partial charge >= 0.3 is 5.97 Å². The van der Waals surface area contributed by atoms with Gasteiger partial charge in [0.2, 0.25) is 5.78 Å². The quantitative estimate of drug-likeness (QED) is 0.430. The second kappa shape index (κ2) is 7.18. The number of H-pyrrole nitrogens is 1. The van der Waals surface area contributed by atoms with Crippen LogP contribution in [0.15, 0.2) is 60.8 Å². The highest BCUT2D eigenvalue weighted by Gasteiger charge is 2.21. The Kier molecular flexibility index (Phi) is 4.80. The standard InChI is InChI=1S/C21H19NO3/c1-14-7-9-16(10-8-14)11-12-20(23)25-15(2)21(24)18-13-22-19-6-4-3-5-17(18)19/h3-13,15,22H,1-2H3/b12-11+. The average molecular weight is 333 g/mol. The van der Waals surface area contributed by atoms with Gasteiger partial charge in [0.15, 0.2) is 6.10 Å². The van der Waals surface area contributed by atoms with Crippen molar-refractivity contribution in [3.63, 3.8) is 0 Å². The van der Waals surface area contributed by atoms with Crippen molar-refractivity contribution >= 4 is 28.7 Å². The lowest BCUT2D eigenvalue weighted by Crippen LogP contribution is -2.23. The first-order chi connectivity index (χ1) is 12.0. The lowest BCUT2D eigenvalue weighted by atomic mass is 10.1. The van der Waals surface area contributed by atoms with Crippen LogP contribution in [0, 0.1) is 6.92 Å². The molecule has 1 aromatic heterocycles. The summed E-state index contributed by atoms with van der Waals surface area (Å²) in [7, 11) is 0. The van der Waals surface area contributed by atoms with E-state index in [9.17, 15) is 9.59 Å². The molecule has 0 aliphatic rings. The number of fused-ring (bicyclic) bond motifs is 1. The summed E-state index contributed by atoms with van der Waals surface area (Å²) in [6, 6.07) is 15.3. The summed E-state index contributed by atoms with van der Waals surface area (Å²) < 4.78 is 5.24. The molecule has 4 nitrogen and oxygen atoms in total. The molecule has 3 rings (SSSR count). The molecule has 1 heterocycles. The van der Waals surface area contributed by atoms with Crippen LogP contribution in [0.4, 0.5) is 0 Å². The third-order valence-corrected chi connectivity index (χ3v) is 4.01. The van der Waals surface area contributed by atoms with Crippen LogP contribution in [0.5, 0.6) is 0 Å². The summed E-state index contributed by atoms with van der Waals surface area (Å²) in [4.78, 5) is 27.6.